The lowest BCUT2D eigenvalue weighted by atomic mass is 9.85. The van der Waals surface area contributed by atoms with Gasteiger partial charge >= 0.3 is 6.18 Å². The first-order chi connectivity index (χ1) is 11.3. The van der Waals surface area contributed by atoms with E-state index in [4.69, 9.17) is 0 Å². The van der Waals surface area contributed by atoms with Gasteiger partial charge in [-0.15, -0.1) is 0 Å². The number of carbonyl (C=O) groups is 1. The van der Waals surface area contributed by atoms with Gasteiger partial charge in [-0.2, -0.15) is 13.2 Å². The molecule has 0 aliphatic heterocycles. The second-order valence-electron chi connectivity index (χ2n) is 7.35. The third-order valence-corrected chi connectivity index (χ3v) is 5.69. The van der Waals surface area contributed by atoms with Crippen molar-refractivity contribution in [3.8, 4) is 0 Å². The van der Waals surface area contributed by atoms with Crippen molar-refractivity contribution in [2.45, 2.75) is 57.2 Å². The van der Waals surface area contributed by atoms with Crippen molar-refractivity contribution < 1.29 is 18.0 Å². The zero-order valence-electron chi connectivity index (χ0n) is 14.1. The highest BCUT2D eigenvalue weighted by Gasteiger charge is 2.46. The normalized spacial score (nSPS) is 30.0. The zero-order valence-corrected chi connectivity index (χ0v) is 14.1. The first-order valence-corrected chi connectivity index (χ1v) is 8.73. The molecular weight excluding hydrogens is 315 g/mol. The number of amides is 1. The Labute approximate surface area is 141 Å². The van der Waals surface area contributed by atoms with Gasteiger partial charge in [0.05, 0.1) is 5.56 Å². The molecular formula is C19H24F3NO. The van der Waals surface area contributed by atoms with Gasteiger partial charge in [0.25, 0.3) is 0 Å². The topological polar surface area (TPSA) is 20.3 Å². The Kier molecular flexibility index (Phi) is 4.63. The van der Waals surface area contributed by atoms with Gasteiger partial charge in [0.15, 0.2) is 0 Å². The zero-order chi connectivity index (χ0) is 17.5. The Balaban J connectivity index is 1.63. The number of hydrogen-bond donors (Lipinski definition) is 0. The van der Waals surface area contributed by atoms with Crippen LogP contribution in [0.15, 0.2) is 24.3 Å². The highest BCUT2D eigenvalue weighted by molar-refractivity contribution is 5.83. The summed E-state index contributed by atoms with van der Waals surface area (Å²) < 4.78 is 37.9. The molecule has 0 bridgehead atoms. The van der Waals surface area contributed by atoms with Crippen molar-refractivity contribution >= 4 is 5.91 Å². The number of halogens is 3. The minimum Gasteiger partial charge on any atom is -0.342 e. The molecule has 2 fully saturated rings. The fraction of sp³-hybridized carbons (Fsp3) is 0.632. The summed E-state index contributed by atoms with van der Waals surface area (Å²) in [7, 11) is 1.89. The molecule has 5 heteroatoms. The maximum Gasteiger partial charge on any atom is 0.416 e. The SMILES string of the molecule is CC1CCCCC1N(C)C(=O)C1CC1c1ccc(C(F)(F)F)cc1. The summed E-state index contributed by atoms with van der Waals surface area (Å²) in [4.78, 5) is 14.6. The molecule has 0 saturated heterocycles. The monoisotopic (exact) mass is 339 g/mol. The number of nitrogens with zero attached hydrogens (tertiary/aromatic N) is 1. The maximum absolute atomic E-state index is 12.7. The van der Waals surface area contributed by atoms with Crippen LogP contribution in [0.5, 0.6) is 0 Å². The molecule has 3 rings (SSSR count). The van der Waals surface area contributed by atoms with Gasteiger partial charge in [-0.25, -0.2) is 0 Å². The van der Waals surface area contributed by atoms with Crippen LogP contribution in [0, 0.1) is 11.8 Å². The Hall–Kier alpha value is -1.52. The molecule has 2 aliphatic rings. The van der Waals surface area contributed by atoms with Crippen LogP contribution < -0.4 is 0 Å². The second-order valence-corrected chi connectivity index (χ2v) is 7.35. The van der Waals surface area contributed by atoms with Crippen molar-refractivity contribution in [2.24, 2.45) is 11.8 Å². The summed E-state index contributed by atoms with van der Waals surface area (Å²) in [5.74, 6) is 0.677. The van der Waals surface area contributed by atoms with Crippen LogP contribution in [0.2, 0.25) is 0 Å². The van der Waals surface area contributed by atoms with Crippen LogP contribution in [-0.4, -0.2) is 23.9 Å². The maximum atomic E-state index is 12.7. The van der Waals surface area contributed by atoms with E-state index in [1.807, 2.05) is 11.9 Å². The molecule has 0 heterocycles. The van der Waals surface area contributed by atoms with Crippen molar-refractivity contribution in [3.05, 3.63) is 35.4 Å². The van der Waals surface area contributed by atoms with E-state index in [2.05, 4.69) is 6.92 Å². The van der Waals surface area contributed by atoms with Crippen molar-refractivity contribution in [3.63, 3.8) is 0 Å². The molecule has 0 aromatic heterocycles. The van der Waals surface area contributed by atoms with Gasteiger partial charge in [-0.3, -0.25) is 4.79 Å². The summed E-state index contributed by atoms with van der Waals surface area (Å²) >= 11 is 0. The molecule has 0 radical (unpaired) electrons. The molecule has 4 atom stereocenters. The quantitative estimate of drug-likeness (QED) is 0.771. The lowest BCUT2D eigenvalue weighted by Gasteiger charge is -2.36. The summed E-state index contributed by atoms with van der Waals surface area (Å²) in [6.45, 7) is 2.20. The first kappa shape index (κ1) is 17.3. The summed E-state index contributed by atoms with van der Waals surface area (Å²) in [6.07, 6.45) is 1.05. The molecule has 1 aromatic rings. The van der Waals surface area contributed by atoms with Crippen molar-refractivity contribution in [1.82, 2.24) is 4.90 Å². The summed E-state index contributed by atoms with van der Waals surface area (Å²) in [6, 6.07) is 5.57. The molecule has 4 unspecified atom stereocenters. The van der Waals surface area contributed by atoms with Gasteiger partial charge in [0.1, 0.15) is 0 Å². The fourth-order valence-corrected chi connectivity index (χ4v) is 4.05. The molecule has 1 aromatic carbocycles. The van der Waals surface area contributed by atoms with E-state index >= 15 is 0 Å². The minimum atomic E-state index is -4.31. The Morgan fingerprint density at radius 3 is 2.33 bits per heavy atom. The Morgan fingerprint density at radius 2 is 1.75 bits per heavy atom. The van der Waals surface area contributed by atoms with Gasteiger partial charge in [0.2, 0.25) is 5.91 Å². The summed E-state index contributed by atoms with van der Waals surface area (Å²) in [5, 5.41) is 0. The average molecular weight is 339 g/mol. The van der Waals surface area contributed by atoms with E-state index in [1.165, 1.54) is 25.0 Å². The fourth-order valence-electron chi connectivity index (χ4n) is 4.05. The molecule has 132 valence electrons. The second kappa shape index (κ2) is 6.41. The number of carbonyl (C=O) groups excluding carboxylic acids is 1. The lowest BCUT2D eigenvalue weighted by molar-refractivity contribution is -0.137. The third-order valence-electron chi connectivity index (χ3n) is 5.69. The predicted molar refractivity (Wildman–Crippen MR) is 86.5 cm³/mol. The van der Waals surface area contributed by atoms with E-state index in [9.17, 15) is 18.0 Å². The number of benzene rings is 1. The highest BCUT2D eigenvalue weighted by atomic mass is 19.4. The predicted octanol–water partition coefficient (Wildman–Crippen LogP) is 4.85. The largest absolute Gasteiger partial charge is 0.416 e. The molecule has 24 heavy (non-hydrogen) atoms. The van der Waals surface area contributed by atoms with Crippen LogP contribution in [-0.2, 0) is 11.0 Å². The van der Waals surface area contributed by atoms with Crippen LogP contribution in [0.1, 0.15) is 56.1 Å². The first-order valence-electron chi connectivity index (χ1n) is 8.73. The van der Waals surface area contributed by atoms with Gasteiger partial charge in [-0.05, 0) is 48.8 Å². The van der Waals surface area contributed by atoms with Gasteiger partial charge in [0, 0.05) is 19.0 Å². The number of hydrogen-bond acceptors (Lipinski definition) is 1. The molecule has 0 N–H and O–H groups in total. The van der Waals surface area contributed by atoms with Gasteiger partial charge in [-0.1, -0.05) is 31.9 Å². The third kappa shape index (κ3) is 3.45. The van der Waals surface area contributed by atoms with Crippen LogP contribution in [0.4, 0.5) is 13.2 Å². The van der Waals surface area contributed by atoms with Crippen LogP contribution in [0.25, 0.3) is 0 Å². The smallest absolute Gasteiger partial charge is 0.342 e. The molecule has 2 nitrogen and oxygen atoms in total. The average Bonchev–Trinajstić information content (AvgIpc) is 3.34. The van der Waals surface area contributed by atoms with E-state index in [0.717, 1.165) is 37.0 Å². The van der Waals surface area contributed by atoms with E-state index in [-0.39, 0.29) is 17.7 Å². The molecule has 1 amide bonds. The van der Waals surface area contributed by atoms with E-state index < -0.39 is 11.7 Å². The van der Waals surface area contributed by atoms with Crippen LogP contribution in [0.3, 0.4) is 0 Å². The molecule has 2 saturated carbocycles. The summed E-state index contributed by atoms with van der Waals surface area (Å²) in [5.41, 5.74) is 0.203. The molecule has 2 aliphatic carbocycles. The van der Waals surface area contributed by atoms with E-state index in [0.29, 0.717) is 12.0 Å². The number of rotatable bonds is 3. The van der Waals surface area contributed by atoms with Crippen molar-refractivity contribution in [2.75, 3.05) is 7.05 Å². The lowest BCUT2D eigenvalue weighted by Crippen LogP contribution is -2.43. The van der Waals surface area contributed by atoms with E-state index in [1.54, 1.807) is 0 Å². The highest BCUT2D eigenvalue weighted by Crippen LogP contribution is 2.49. The van der Waals surface area contributed by atoms with Crippen molar-refractivity contribution in [1.29, 1.82) is 0 Å². The Bertz CT molecular complexity index is 596. The van der Waals surface area contributed by atoms with Gasteiger partial charge < -0.3 is 4.90 Å². The minimum absolute atomic E-state index is 0.0686. The molecule has 0 spiro atoms. The number of alkyl halides is 3. The Morgan fingerprint density at radius 1 is 1.12 bits per heavy atom. The standard InChI is InChI=1S/C19H24F3NO/c1-12-5-3-4-6-17(12)23(2)18(24)16-11-15(16)13-7-9-14(10-8-13)19(20,21)22/h7-10,12,15-17H,3-6,11H2,1-2H3. The van der Waals surface area contributed by atoms with Crippen LogP contribution >= 0.6 is 0 Å².